The summed E-state index contributed by atoms with van der Waals surface area (Å²) in [5.41, 5.74) is 0.759. The van der Waals surface area contributed by atoms with Gasteiger partial charge in [0.25, 0.3) is 0 Å². The van der Waals surface area contributed by atoms with Crippen molar-refractivity contribution in [3.8, 4) is 5.75 Å². The van der Waals surface area contributed by atoms with Gasteiger partial charge in [-0.1, -0.05) is 11.3 Å². The molecule has 88 valence electrons. The number of hydrogen-bond acceptors (Lipinski definition) is 5. The molecule has 2 rings (SSSR count). The average molecular weight is 250 g/mol. The molecule has 0 aliphatic carbocycles. The number of rotatable bonds is 2. The summed E-state index contributed by atoms with van der Waals surface area (Å²) in [7, 11) is 0. The van der Waals surface area contributed by atoms with Crippen LogP contribution in [0.1, 0.15) is 13.8 Å². The smallest absolute Gasteiger partial charge is 0.308 e. The standard InChI is InChI=1S/C11H10N2O3S/c1-6(14)12-11-13-9-4-3-8(16-7(2)15)5-10(9)17-11/h3-5H,1-2H3,(H,12,13,14). The van der Waals surface area contributed by atoms with Gasteiger partial charge in [0, 0.05) is 19.9 Å². The highest BCUT2D eigenvalue weighted by atomic mass is 32.1. The minimum atomic E-state index is -0.365. The number of nitrogens with zero attached hydrogens (tertiary/aromatic N) is 1. The number of esters is 1. The third kappa shape index (κ3) is 2.79. The second-order valence-corrected chi connectivity index (χ2v) is 4.45. The van der Waals surface area contributed by atoms with Crippen LogP contribution >= 0.6 is 11.3 Å². The number of ether oxygens (including phenoxy) is 1. The molecule has 0 aliphatic heterocycles. The van der Waals surface area contributed by atoms with Gasteiger partial charge in [0.2, 0.25) is 5.91 Å². The van der Waals surface area contributed by atoms with Crippen LogP contribution in [0.4, 0.5) is 5.13 Å². The van der Waals surface area contributed by atoms with E-state index in [2.05, 4.69) is 10.3 Å². The third-order valence-electron chi connectivity index (χ3n) is 1.90. The van der Waals surface area contributed by atoms with Gasteiger partial charge in [-0.2, -0.15) is 0 Å². The first-order chi connectivity index (χ1) is 8.04. The minimum Gasteiger partial charge on any atom is -0.427 e. The fraction of sp³-hybridized carbons (Fsp3) is 0.182. The molecule has 0 bridgehead atoms. The molecule has 1 N–H and O–H groups in total. The molecule has 5 nitrogen and oxygen atoms in total. The van der Waals surface area contributed by atoms with Gasteiger partial charge in [-0.3, -0.25) is 9.59 Å². The molecule has 0 aliphatic rings. The molecule has 0 atom stereocenters. The van der Waals surface area contributed by atoms with Crippen LogP contribution in [0, 0.1) is 0 Å². The summed E-state index contributed by atoms with van der Waals surface area (Å²) in [5, 5.41) is 3.15. The number of carbonyl (C=O) groups is 2. The Kier molecular flexibility index (Phi) is 3.06. The van der Waals surface area contributed by atoms with Crippen molar-refractivity contribution < 1.29 is 14.3 Å². The van der Waals surface area contributed by atoms with E-state index in [9.17, 15) is 9.59 Å². The van der Waals surface area contributed by atoms with Crippen molar-refractivity contribution >= 4 is 38.6 Å². The van der Waals surface area contributed by atoms with E-state index in [4.69, 9.17) is 4.74 Å². The Morgan fingerprint density at radius 3 is 2.76 bits per heavy atom. The highest BCUT2D eigenvalue weighted by molar-refractivity contribution is 7.22. The topological polar surface area (TPSA) is 68.3 Å². The van der Waals surface area contributed by atoms with Gasteiger partial charge in [0.1, 0.15) is 5.75 Å². The second-order valence-electron chi connectivity index (χ2n) is 3.42. The zero-order valence-corrected chi connectivity index (χ0v) is 10.1. The lowest BCUT2D eigenvalue weighted by molar-refractivity contribution is -0.131. The molecule has 0 saturated carbocycles. The largest absolute Gasteiger partial charge is 0.427 e. The van der Waals surface area contributed by atoms with Crippen LogP contribution < -0.4 is 10.1 Å². The van der Waals surface area contributed by atoms with Crippen molar-refractivity contribution in [1.82, 2.24) is 4.98 Å². The van der Waals surface area contributed by atoms with Gasteiger partial charge in [0.05, 0.1) is 10.2 Å². The lowest BCUT2D eigenvalue weighted by atomic mass is 10.3. The van der Waals surface area contributed by atoms with Gasteiger partial charge in [-0.05, 0) is 12.1 Å². The van der Waals surface area contributed by atoms with E-state index in [-0.39, 0.29) is 11.9 Å². The normalized spacial score (nSPS) is 10.2. The first-order valence-corrected chi connectivity index (χ1v) is 5.73. The molecule has 0 saturated heterocycles. The minimum absolute atomic E-state index is 0.163. The van der Waals surface area contributed by atoms with E-state index in [1.807, 2.05) is 0 Å². The molecule has 0 radical (unpaired) electrons. The molecule has 0 spiro atoms. The second kappa shape index (κ2) is 4.50. The van der Waals surface area contributed by atoms with Crippen molar-refractivity contribution in [2.75, 3.05) is 5.32 Å². The monoisotopic (exact) mass is 250 g/mol. The maximum Gasteiger partial charge on any atom is 0.308 e. The number of anilines is 1. The van der Waals surface area contributed by atoms with E-state index in [1.165, 1.54) is 25.2 Å². The van der Waals surface area contributed by atoms with Gasteiger partial charge in [0.15, 0.2) is 5.13 Å². The zero-order chi connectivity index (χ0) is 12.4. The van der Waals surface area contributed by atoms with Crippen molar-refractivity contribution in [1.29, 1.82) is 0 Å². The maximum atomic E-state index is 10.9. The molecular weight excluding hydrogens is 240 g/mol. The van der Waals surface area contributed by atoms with E-state index < -0.39 is 0 Å². The molecule has 6 heteroatoms. The summed E-state index contributed by atoms with van der Waals surface area (Å²) in [5.74, 6) is -0.0526. The number of hydrogen-bond donors (Lipinski definition) is 1. The molecule has 1 aromatic heterocycles. The van der Waals surface area contributed by atoms with E-state index in [1.54, 1.807) is 18.2 Å². The number of thiazole rings is 1. The Balaban J connectivity index is 2.33. The molecule has 1 amide bonds. The SMILES string of the molecule is CC(=O)Nc1nc2ccc(OC(C)=O)cc2s1. The van der Waals surface area contributed by atoms with Gasteiger partial charge >= 0.3 is 5.97 Å². The lowest BCUT2D eigenvalue weighted by Crippen LogP contribution is -2.04. The summed E-state index contributed by atoms with van der Waals surface area (Å²) < 4.78 is 5.82. The van der Waals surface area contributed by atoms with Crippen molar-refractivity contribution in [3.63, 3.8) is 0 Å². The highest BCUT2D eigenvalue weighted by Crippen LogP contribution is 2.29. The lowest BCUT2D eigenvalue weighted by Gasteiger charge is -1.98. The van der Waals surface area contributed by atoms with Crippen LogP contribution in [-0.2, 0) is 9.59 Å². The van der Waals surface area contributed by atoms with Crippen LogP contribution in [0.2, 0.25) is 0 Å². The van der Waals surface area contributed by atoms with Crippen LogP contribution in [0.3, 0.4) is 0 Å². The van der Waals surface area contributed by atoms with Crippen LogP contribution in [0.25, 0.3) is 10.2 Å². The number of nitrogens with one attached hydrogen (secondary N) is 1. The molecule has 1 aromatic carbocycles. The summed E-state index contributed by atoms with van der Waals surface area (Å²) in [6.07, 6.45) is 0. The molecule has 0 fully saturated rings. The predicted molar refractivity (Wildman–Crippen MR) is 65.2 cm³/mol. The van der Waals surface area contributed by atoms with Crippen LogP contribution in [-0.4, -0.2) is 16.9 Å². The van der Waals surface area contributed by atoms with E-state index in [0.717, 1.165) is 10.2 Å². The first kappa shape index (κ1) is 11.5. The van der Waals surface area contributed by atoms with Crippen LogP contribution in [0.5, 0.6) is 5.75 Å². The number of carbonyl (C=O) groups excluding carboxylic acids is 2. The summed E-state index contributed by atoms with van der Waals surface area (Å²) >= 11 is 1.33. The van der Waals surface area contributed by atoms with Crippen LogP contribution in [0.15, 0.2) is 18.2 Å². The quantitative estimate of drug-likeness (QED) is 0.655. The molecular formula is C11H10N2O3S. The molecule has 17 heavy (non-hydrogen) atoms. The Labute approximate surface area is 101 Å². The Hall–Kier alpha value is -1.95. The maximum absolute atomic E-state index is 10.9. The molecule has 0 unspecified atom stereocenters. The Morgan fingerprint density at radius 2 is 2.12 bits per heavy atom. The van der Waals surface area contributed by atoms with Crippen molar-refractivity contribution in [3.05, 3.63) is 18.2 Å². The zero-order valence-electron chi connectivity index (χ0n) is 9.31. The van der Waals surface area contributed by atoms with Gasteiger partial charge in [-0.15, -0.1) is 0 Å². The number of amides is 1. The summed E-state index contributed by atoms with van der Waals surface area (Å²) in [6, 6.07) is 5.14. The fourth-order valence-electron chi connectivity index (χ4n) is 1.34. The van der Waals surface area contributed by atoms with E-state index >= 15 is 0 Å². The number of fused-ring (bicyclic) bond motifs is 1. The first-order valence-electron chi connectivity index (χ1n) is 4.91. The third-order valence-corrected chi connectivity index (χ3v) is 2.84. The number of benzene rings is 1. The molecule has 2 aromatic rings. The summed E-state index contributed by atoms with van der Waals surface area (Å²) in [6.45, 7) is 2.77. The van der Waals surface area contributed by atoms with Gasteiger partial charge < -0.3 is 10.1 Å². The average Bonchev–Trinajstić information content (AvgIpc) is 2.56. The Morgan fingerprint density at radius 1 is 1.35 bits per heavy atom. The van der Waals surface area contributed by atoms with Crippen molar-refractivity contribution in [2.45, 2.75) is 13.8 Å². The molecule has 1 heterocycles. The number of aromatic nitrogens is 1. The fourth-order valence-corrected chi connectivity index (χ4v) is 2.28. The van der Waals surface area contributed by atoms with Gasteiger partial charge in [-0.25, -0.2) is 4.98 Å². The van der Waals surface area contributed by atoms with Crippen molar-refractivity contribution in [2.24, 2.45) is 0 Å². The Bertz CT molecular complexity index is 577. The summed E-state index contributed by atoms with van der Waals surface area (Å²) in [4.78, 5) is 25.9. The highest BCUT2D eigenvalue weighted by Gasteiger charge is 2.07. The van der Waals surface area contributed by atoms with E-state index in [0.29, 0.717) is 10.9 Å². The predicted octanol–water partition coefficient (Wildman–Crippen LogP) is 2.18.